The van der Waals surface area contributed by atoms with E-state index in [-0.39, 0.29) is 27.8 Å². The Morgan fingerprint density at radius 1 is 1.12 bits per heavy atom. The summed E-state index contributed by atoms with van der Waals surface area (Å²) < 4.78 is 4.88. The number of nitro groups is 2. The lowest BCUT2D eigenvalue weighted by atomic mass is 10.2. The van der Waals surface area contributed by atoms with Gasteiger partial charge in [0.1, 0.15) is 5.02 Å². The van der Waals surface area contributed by atoms with Crippen LogP contribution in [0.2, 0.25) is 5.02 Å². The molecule has 2 aromatic rings. The molecule has 2 rings (SSSR count). The Bertz CT molecular complexity index is 913. The second-order valence-electron chi connectivity index (χ2n) is 4.93. The van der Waals surface area contributed by atoms with Crippen LogP contribution in [0.3, 0.4) is 0 Å². The molecule has 1 amide bonds. The van der Waals surface area contributed by atoms with Crippen molar-refractivity contribution in [3.8, 4) is 5.75 Å². The van der Waals surface area contributed by atoms with Gasteiger partial charge in [0.15, 0.2) is 5.75 Å². The van der Waals surface area contributed by atoms with E-state index in [1.807, 2.05) is 0 Å². The summed E-state index contributed by atoms with van der Waals surface area (Å²) in [6.45, 7) is 0. The Morgan fingerprint density at radius 3 is 2.42 bits per heavy atom. The lowest BCUT2D eigenvalue weighted by Gasteiger charge is -2.05. The monoisotopic (exact) mass is 377 g/mol. The zero-order valence-electron chi connectivity index (χ0n) is 13.3. The van der Waals surface area contributed by atoms with Crippen molar-refractivity contribution in [2.24, 2.45) is 0 Å². The van der Waals surface area contributed by atoms with Gasteiger partial charge in [0, 0.05) is 23.9 Å². The van der Waals surface area contributed by atoms with E-state index in [1.54, 1.807) is 0 Å². The highest BCUT2D eigenvalue weighted by Crippen LogP contribution is 2.29. The number of nitrogens with one attached hydrogen (secondary N) is 1. The normalized spacial score (nSPS) is 10.5. The van der Waals surface area contributed by atoms with Gasteiger partial charge in [0.05, 0.1) is 17.0 Å². The van der Waals surface area contributed by atoms with E-state index < -0.39 is 15.8 Å². The molecule has 0 bridgehead atoms. The molecule has 0 atom stereocenters. The predicted molar refractivity (Wildman–Crippen MR) is 95.4 cm³/mol. The molecule has 0 fully saturated rings. The molecule has 0 saturated carbocycles. The summed E-state index contributed by atoms with van der Waals surface area (Å²) in [6, 6.07) is 8.06. The van der Waals surface area contributed by atoms with Crippen LogP contribution in [-0.4, -0.2) is 22.9 Å². The minimum atomic E-state index is -0.629. The molecule has 0 unspecified atom stereocenters. The van der Waals surface area contributed by atoms with Crippen LogP contribution in [0.25, 0.3) is 6.08 Å². The maximum atomic E-state index is 11.9. The zero-order valence-corrected chi connectivity index (χ0v) is 14.1. The maximum absolute atomic E-state index is 11.9. The molecule has 0 heterocycles. The summed E-state index contributed by atoms with van der Waals surface area (Å²) in [7, 11) is 1.30. The van der Waals surface area contributed by atoms with Crippen molar-refractivity contribution in [1.82, 2.24) is 0 Å². The first kappa shape index (κ1) is 18.9. The Hall–Kier alpha value is -3.46. The SMILES string of the molecule is COc1ccc(NC(=O)/C=C/c2ccc(Cl)c([N+](=O)[O-])c2)cc1[N+](=O)[O-]. The van der Waals surface area contributed by atoms with Gasteiger partial charge in [-0.05, 0) is 29.8 Å². The Morgan fingerprint density at radius 2 is 1.81 bits per heavy atom. The number of nitro benzene ring substituents is 2. The molecule has 0 aliphatic heterocycles. The molecule has 134 valence electrons. The first-order valence-corrected chi connectivity index (χ1v) is 7.45. The smallest absolute Gasteiger partial charge is 0.312 e. The molecule has 26 heavy (non-hydrogen) atoms. The third kappa shape index (κ3) is 4.54. The molecule has 0 aromatic heterocycles. The number of carbonyl (C=O) groups is 1. The topological polar surface area (TPSA) is 125 Å². The average molecular weight is 378 g/mol. The van der Waals surface area contributed by atoms with Gasteiger partial charge in [-0.1, -0.05) is 17.7 Å². The Balaban J connectivity index is 2.15. The van der Waals surface area contributed by atoms with Gasteiger partial charge >= 0.3 is 5.69 Å². The van der Waals surface area contributed by atoms with E-state index in [4.69, 9.17) is 16.3 Å². The minimum absolute atomic E-state index is 0.0119. The number of carbonyl (C=O) groups excluding carboxylic acids is 1. The van der Waals surface area contributed by atoms with E-state index in [9.17, 15) is 25.0 Å². The third-order valence-electron chi connectivity index (χ3n) is 3.24. The first-order valence-electron chi connectivity index (χ1n) is 7.07. The molecule has 2 aromatic carbocycles. The second-order valence-corrected chi connectivity index (χ2v) is 5.34. The molecule has 9 nitrogen and oxygen atoms in total. The van der Waals surface area contributed by atoms with E-state index in [1.165, 1.54) is 43.5 Å². The molecular formula is C16H12ClN3O6. The molecule has 0 aliphatic rings. The maximum Gasteiger partial charge on any atom is 0.312 e. The summed E-state index contributed by atoms with van der Waals surface area (Å²) in [5, 5.41) is 24.3. The quantitative estimate of drug-likeness (QED) is 0.463. The number of amides is 1. The van der Waals surface area contributed by atoms with Crippen LogP contribution in [0.1, 0.15) is 5.56 Å². The summed E-state index contributed by atoms with van der Waals surface area (Å²) in [6.07, 6.45) is 2.50. The van der Waals surface area contributed by atoms with Crippen molar-refractivity contribution in [1.29, 1.82) is 0 Å². The van der Waals surface area contributed by atoms with Crippen molar-refractivity contribution in [2.45, 2.75) is 0 Å². The Labute approximate surface area is 152 Å². The van der Waals surface area contributed by atoms with Crippen molar-refractivity contribution in [3.05, 3.63) is 73.3 Å². The van der Waals surface area contributed by atoms with Gasteiger partial charge < -0.3 is 10.1 Å². The van der Waals surface area contributed by atoms with Gasteiger partial charge in [-0.3, -0.25) is 25.0 Å². The van der Waals surface area contributed by atoms with Crippen LogP contribution in [0.15, 0.2) is 42.5 Å². The van der Waals surface area contributed by atoms with Crippen molar-refractivity contribution in [2.75, 3.05) is 12.4 Å². The summed E-state index contributed by atoms with van der Waals surface area (Å²) >= 11 is 5.72. The molecule has 0 spiro atoms. The fourth-order valence-electron chi connectivity index (χ4n) is 2.04. The van der Waals surface area contributed by atoms with E-state index in [2.05, 4.69) is 5.32 Å². The van der Waals surface area contributed by atoms with Gasteiger partial charge in [0.25, 0.3) is 5.69 Å². The number of anilines is 1. The summed E-state index contributed by atoms with van der Waals surface area (Å²) in [4.78, 5) is 32.5. The highest BCUT2D eigenvalue weighted by atomic mass is 35.5. The van der Waals surface area contributed by atoms with Gasteiger partial charge in [-0.15, -0.1) is 0 Å². The van der Waals surface area contributed by atoms with Crippen LogP contribution >= 0.6 is 11.6 Å². The molecule has 1 N–H and O–H groups in total. The lowest BCUT2D eigenvalue weighted by molar-refractivity contribution is -0.385. The zero-order chi connectivity index (χ0) is 19.3. The van der Waals surface area contributed by atoms with Crippen LogP contribution in [0.5, 0.6) is 5.75 Å². The second kappa shape index (κ2) is 8.08. The number of halogens is 1. The number of benzene rings is 2. The Kier molecular flexibility index (Phi) is 5.86. The van der Waals surface area contributed by atoms with E-state index in [0.29, 0.717) is 5.56 Å². The van der Waals surface area contributed by atoms with Gasteiger partial charge in [-0.25, -0.2) is 0 Å². The average Bonchev–Trinajstić information content (AvgIpc) is 2.60. The van der Waals surface area contributed by atoms with Crippen LogP contribution < -0.4 is 10.1 Å². The fraction of sp³-hybridized carbons (Fsp3) is 0.0625. The molecule has 10 heteroatoms. The van der Waals surface area contributed by atoms with E-state index >= 15 is 0 Å². The molecule has 0 saturated heterocycles. The van der Waals surface area contributed by atoms with Crippen LogP contribution in [0, 0.1) is 20.2 Å². The predicted octanol–water partition coefficient (Wildman–Crippen LogP) is 3.82. The highest BCUT2D eigenvalue weighted by molar-refractivity contribution is 6.32. The van der Waals surface area contributed by atoms with Gasteiger partial charge in [-0.2, -0.15) is 0 Å². The molecule has 0 aliphatic carbocycles. The number of rotatable bonds is 6. The van der Waals surface area contributed by atoms with Gasteiger partial charge in [0.2, 0.25) is 5.91 Å². The third-order valence-corrected chi connectivity index (χ3v) is 3.56. The summed E-state index contributed by atoms with van der Waals surface area (Å²) in [5.41, 5.74) is 0.0359. The fourth-order valence-corrected chi connectivity index (χ4v) is 2.23. The molecular weight excluding hydrogens is 366 g/mol. The number of hydrogen-bond donors (Lipinski definition) is 1. The highest BCUT2D eigenvalue weighted by Gasteiger charge is 2.16. The standard InChI is InChI=1S/C16H12ClN3O6/c1-26-15-6-4-11(9-14(15)20(24)25)18-16(21)7-3-10-2-5-12(17)13(8-10)19(22)23/h2-9H,1H3,(H,18,21)/b7-3+. The van der Waals surface area contributed by atoms with Crippen molar-refractivity contribution < 1.29 is 19.4 Å². The lowest BCUT2D eigenvalue weighted by Crippen LogP contribution is -2.08. The molecule has 0 radical (unpaired) electrons. The van der Waals surface area contributed by atoms with Crippen molar-refractivity contribution >= 4 is 40.6 Å². The first-order chi connectivity index (χ1) is 12.3. The number of hydrogen-bond acceptors (Lipinski definition) is 6. The van der Waals surface area contributed by atoms with E-state index in [0.717, 1.165) is 12.1 Å². The largest absolute Gasteiger partial charge is 0.490 e. The van der Waals surface area contributed by atoms with Crippen LogP contribution in [0.4, 0.5) is 17.1 Å². The summed E-state index contributed by atoms with van der Waals surface area (Å²) in [5.74, 6) is -0.501. The minimum Gasteiger partial charge on any atom is -0.490 e. The number of nitrogens with zero attached hydrogens (tertiary/aromatic N) is 2. The van der Waals surface area contributed by atoms with Crippen molar-refractivity contribution in [3.63, 3.8) is 0 Å². The van der Waals surface area contributed by atoms with Crippen LogP contribution in [-0.2, 0) is 4.79 Å². The number of methoxy groups -OCH3 is 1. The number of ether oxygens (including phenoxy) is 1.